The second-order valence-electron chi connectivity index (χ2n) is 4.18. The zero-order chi connectivity index (χ0) is 12.9. The molecule has 7 heteroatoms. The quantitative estimate of drug-likeness (QED) is 0.521. The molecule has 1 saturated carbocycles. The van der Waals surface area contributed by atoms with Gasteiger partial charge in [-0.1, -0.05) is 18.6 Å². The van der Waals surface area contributed by atoms with E-state index in [-0.39, 0.29) is 24.3 Å². The molecule has 0 saturated heterocycles. The lowest BCUT2D eigenvalue weighted by molar-refractivity contribution is 0.163. The lowest BCUT2D eigenvalue weighted by atomic mass is 10.1. The highest BCUT2D eigenvalue weighted by Gasteiger charge is 2.32. The summed E-state index contributed by atoms with van der Waals surface area (Å²) in [4.78, 5) is 0.403. The van der Waals surface area contributed by atoms with Gasteiger partial charge in [0.2, 0.25) is 10.0 Å². The van der Waals surface area contributed by atoms with E-state index in [1.165, 1.54) is 0 Å². The van der Waals surface area contributed by atoms with Crippen molar-refractivity contribution in [1.82, 2.24) is 4.72 Å². The van der Waals surface area contributed by atoms with Gasteiger partial charge in [-0.05, 0) is 19.8 Å². The van der Waals surface area contributed by atoms with Crippen molar-refractivity contribution in [3.05, 3.63) is 0 Å². The zero-order valence-corrected chi connectivity index (χ0v) is 11.6. The van der Waals surface area contributed by atoms with Gasteiger partial charge >= 0.3 is 0 Å². The number of nitrogens with one attached hydrogen (secondary N) is 1. The minimum atomic E-state index is -3.29. The van der Waals surface area contributed by atoms with E-state index in [1.54, 1.807) is 0 Å². The van der Waals surface area contributed by atoms with E-state index in [0.717, 1.165) is 19.3 Å². The molecule has 0 aromatic carbocycles. The maximum atomic E-state index is 11.8. The summed E-state index contributed by atoms with van der Waals surface area (Å²) in [6.45, 7) is 2.57. The van der Waals surface area contributed by atoms with Crippen LogP contribution in [0.15, 0.2) is 0 Å². The van der Waals surface area contributed by atoms with E-state index in [1.807, 2.05) is 6.92 Å². The fraction of sp³-hybridized carbons (Fsp3) is 0.900. The normalized spacial score (nSPS) is 25.0. The number of ether oxygens (including phenoxy) is 1. The standard InChI is InChI=1S/C10H20N2O3S2/c1-2-15-6-7-17(13,14)12-9-5-3-4-8(9)10(11)16/h8-9,12H,2-7H2,1H3,(H2,11,16). The lowest BCUT2D eigenvalue weighted by Gasteiger charge is -2.19. The van der Waals surface area contributed by atoms with Gasteiger partial charge < -0.3 is 10.5 Å². The van der Waals surface area contributed by atoms with E-state index >= 15 is 0 Å². The summed E-state index contributed by atoms with van der Waals surface area (Å²) in [6.07, 6.45) is 2.63. The molecule has 0 aromatic heterocycles. The highest BCUT2D eigenvalue weighted by molar-refractivity contribution is 7.89. The van der Waals surface area contributed by atoms with E-state index in [4.69, 9.17) is 22.7 Å². The number of hydrogen-bond donors (Lipinski definition) is 2. The van der Waals surface area contributed by atoms with E-state index in [2.05, 4.69) is 4.72 Å². The van der Waals surface area contributed by atoms with Gasteiger partial charge in [-0.15, -0.1) is 0 Å². The van der Waals surface area contributed by atoms with Crippen molar-refractivity contribution >= 4 is 27.2 Å². The van der Waals surface area contributed by atoms with Gasteiger partial charge in [0.1, 0.15) is 0 Å². The van der Waals surface area contributed by atoms with Crippen LogP contribution in [0.2, 0.25) is 0 Å². The van der Waals surface area contributed by atoms with Crippen molar-refractivity contribution in [3.8, 4) is 0 Å². The first-order valence-corrected chi connectivity index (χ1v) is 7.89. The molecule has 0 amide bonds. The summed E-state index contributed by atoms with van der Waals surface area (Å²) < 4.78 is 31.2. The molecule has 100 valence electrons. The Kier molecular flexibility index (Phi) is 5.78. The molecule has 3 N–H and O–H groups in total. The molecule has 0 radical (unpaired) electrons. The lowest BCUT2D eigenvalue weighted by Crippen LogP contribution is -2.43. The van der Waals surface area contributed by atoms with Crippen LogP contribution in [-0.4, -0.2) is 38.4 Å². The average Bonchev–Trinajstić information content (AvgIpc) is 2.65. The average molecular weight is 280 g/mol. The van der Waals surface area contributed by atoms with Crippen LogP contribution in [-0.2, 0) is 14.8 Å². The third-order valence-corrected chi connectivity index (χ3v) is 4.58. The third-order valence-electron chi connectivity index (χ3n) is 2.91. The molecule has 0 bridgehead atoms. The fourth-order valence-electron chi connectivity index (χ4n) is 2.04. The van der Waals surface area contributed by atoms with Crippen LogP contribution < -0.4 is 10.5 Å². The topological polar surface area (TPSA) is 81.4 Å². The summed E-state index contributed by atoms with van der Waals surface area (Å²) in [6, 6.07) is -0.140. The van der Waals surface area contributed by atoms with Crippen molar-refractivity contribution < 1.29 is 13.2 Å². The summed E-state index contributed by atoms with van der Waals surface area (Å²) in [5, 5.41) is 0. The Labute approximate surface area is 108 Å². The van der Waals surface area contributed by atoms with Crippen LogP contribution in [0.4, 0.5) is 0 Å². The first-order valence-electron chi connectivity index (χ1n) is 5.83. The SMILES string of the molecule is CCOCCS(=O)(=O)NC1CCCC1C(N)=S. The minimum Gasteiger partial charge on any atom is -0.393 e. The van der Waals surface area contributed by atoms with Crippen LogP contribution in [0.5, 0.6) is 0 Å². The molecule has 1 fully saturated rings. The Hall–Kier alpha value is -0.240. The van der Waals surface area contributed by atoms with Gasteiger partial charge in [0.25, 0.3) is 0 Å². The second kappa shape index (κ2) is 6.63. The summed E-state index contributed by atoms with van der Waals surface area (Å²) in [5.74, 6) is -0.0200. The van der Waals surface area contributed by atoms with Crippen molar-refractivity contribution in [2.24, 2.45) is 11.7 Å². The highest BCUT2D eigenvalue weighted by atomic mass is 32.2. The van der Waals surface area contributed by atoms with Crippen LogP contribution in [0.25, 0.3) is 0 Å². The number of sulfonamides is 1. The molecule has 1 aliphatic carbocycles. The Morgan fingerprint density at radius 1 is 1.53 bits per heavy atom. The maximum absolute atomic E-state index is 11.8. The first kappa shape index (κ1) is 14.8. The Balaban J connectivity index is 2.49. The molecular formula is C10H20N2O3S2. The van der Waals surface area contributed by atoms with Crippen LogP contribution in [0.3, 0.4) is 0 Å². The molecule has 5 nitrogen and oxygen atoms in total. The molecule has 1 rings (SSSR count). The summed E-state index contributed by atoms with van der Waals surface area (Å²) in [7, 11) is -3.29. The summed E-state index contributed by atoms with van der Waals surface area (Å²) >= 11 is 4.95. The Bertz CT molecular complexity index is 357. The molecule has 0 heterocycles. The van der Waals surface area contributed by atoms with Gasteiger partial charge in [0.15, 0.2) is 0 Å². The third kappa shape index (κ3) is 4.87. The molecule has 0 aromatic rings. The molecule has 1 aliphatic rings. The molecule has 17 heavy (non-hydrogen) atoms. The van der Waals surface area contributed by atoms with Crippen LogP contribution in [0.1, 0.15) is 26.2 Å². The number of hydrogen-bond acceptors (Lipinski definition) is 4. The maximum Gasteiger partial charge on any atom is 0.214 e. The van der Waals surface area contributed by atoms with Gasteiger partial charge in [0.05, 0.1) is 17.3 Å². The van der Waals surface area contributed by atoms with Crippen LogP contribution >= 0.6 is 12.2 Å². The minimum absolute atomic E-state index is 0.00753. The van der Waals surface area contributed by atoms with Crippen molar-refractivity contribution in [1.29, 1.82) is 0 Å². The molecular weight excluding hydrogens is 260 g/mol. The van der Waals surface area contributed by atoms with E-state index in [9.17, 15) is 8.42 Å². The summed E-state index contributed by atoms with van der Waals surface area (Å²) in [5.41, 5.74) is 5.60. The Morgan fingerprint density at radius 2 is 2.24 bits per heavy atom. The van der Waals surface area contributed by atoms with Crippen molar-refractivity contribution in [2.45, 2.75) is 32.2 Å². The number of thiocarbonyl (C=S) groups is 1. The Morgan fingerprint density at radius 3 is 2.82 bits per heavy atom. The van der Waals surface area contributed by atoms with E-state index in [0.29, 0.717) is 11.6 Å². The highest BCUT2D eigenvalue weighted by Crippen LogP contribution is 2.26. The predicted octanol–water partition coefficient (Wildman–Crippen LogP) is 0.397. The zero-order valence-electron chi connectivity index (χ0n) is 10.0. The van der Waals surface area contributed by atoms with Gasteiger partial charge in [-0.2, -0.15) is 0 Å². The van der Waals surface area contributed by atoms with Crippen LogP contribution in [0, 0.1) is 5.92 Å². The second-order valence-corrected chi connectivity index (χ2v) is 6.52. The fourth-order valence-corrected chi connectivity index (χ4v) is 3.52. The molecule has 0 aliphatic heterocycles. The van der Waals surface area contributed by atoms with Crippen molar-refractivity contribution in [3.63, 3.8) is 0 Å². The molecule has 2 unspecified atom stereocenters. The molecule has 2 atom stereocenters. The smallest absolute Gasteiger partial charge is 0.214 e. The number of nitrogens with two attached hydrogens (primary N) is 1. The molecule has 0 spiro atoms. The van der Waals surface area contributed by atoms with Gasteiger partial charge in [-0.25, -0.2) is 13.1 Å². The largest absolute Gasteiger partial charge is 0.393 e. The predicted molar refractivity (Wildman–Crippen MR) is 71.3 cm³/mol. The first-order chi connectivity index (χ1) is 7.96. The van der Waals surface area contributed by atoms with Crippen molar-refractivity contribution in [2.75, 3.05) is 19.0 Å². The van der Waals surface area contributed by atoms with E-state index < -0.39 is 10.0 Å². The monoisotopic (exact) mass is 280 g/mol. The number of rotatable bonds is 7. The van der Waals surface area contributed by atoms with Gasteiger partial charge in [-0.3, -0.25) is 0 Å². The van der Waals surface area contributed by atoms with Gasteiger partial charge in [0, 0.05) is 18.6 Å².